The number of nitrogens with one attached hydrogen (secondary N) is 1. The van der Waals surface area contributed by atoms with Gasteiger partial charge < -0.3 is 5.32 Å². The Bertz CT molecular complexity index is 1210. The highest BCUT2D eigenvalue weighted by molar-refractivity contribution is 7.15. The molecule has 5 rings (SSSR count). The van der Waals surface area contributed by atoms with Crippen molar-refractivity contribution in [1.29, 1.82) is 0 Å². The number of amides is 1. The molecule has 0 saturated heterocycles. The molecule has 4 aromatic heterocycles. The highest BCUT2D eigenvalue weighted by Crippen LogP contribution is 2.27. The van der Waals surface area contributed by atoms with Crippen LogP contribution in [0.1, 0.15) is 16.1 Å². The van der Waals surface area contributed by atoms with E-state index in [2.05, 4.69) is 15.4 Å². The summed E-state index contributed by atoms with van der Waals surface area (Å²) in [5, 5.41) is 11.6. The number of benzene rings is 1. The van der Waals surface area contributed by atoms with Crippen LogP contribution in [0.3, 0.4) is 0 Å². The number of hydrogen-bond donors (Lipinski definition) is 1. The molecule has 0 saturated carbocycles. The van der Waals surface area contributed by atoms with E-state index < -0.39 is 0 Å². The van der Waals surface area contributed by atoms with Crippen LogP contribution in [0.2, 0.25) is 0 Å². The van der Waals surface area contributed by atoms with E-state index in [0.29, 0.717) is 17.8 Å². The maximum Gasteiger partial charge on any atom is 0.255 e. The van der Waals surface area contributed by atoms with Gasteiger partial charge in [0.05, 0.1) is 28.4 Å². The van der Waals surface area contributed by atoms with Crippen LogP contribution < -0.4 is 5.32 Å². The molecule has 0 fully saturated rings. The summed E-state index contributed by atoms with van der Waals surface area (Å²) in [7, 11) is 0. The molecule has 0 atom stereocenters. The van der Waals surface area contributed by atoms with Crippen LogP contribution in [0.5, 0.6) is 0 Å². The number of para-hydroxylation sites is 1. The Kier molecular flexibility index (Phi) is 4.27. The summed E-state index contributed by atoms with van der Waals surface area (Å²) in [6.07, 6.45) is 5.67. The van der Waals surface area contributed by atoms with E-state index in [1.807, 2.05) is 70.0 Å². The number of thiophene rings is 1. The smallest absolute Gasteiger partial charge is 0.255 e. The number of nitrogens with zero attached hydrogens (tertiary/aromatic N) is 4. The Labute approximate surface area is 168 Å². The average Bonchev–Trinajstić information content (AvgIpc) is 3.50. The fraction of sp³-hybridized carbons (Fsp3) is 0.0500. The van der Waals surface area contributed by atoms with Gasteiger partial charge in [-0.25, -0.2) is 9.67 Å². The van der Waals surface area contributed by atoms with Crippen LogP contribution in [0.15, 0.2) is 71.8 Å². The highest BCUT2D eigenvalue weighted by Gasteiger charge is 2.19. The van der Waals surface area contributed by atoms with Crippen LogP contribution in [-0.2, 0) is 6.54 Å². The summed E-state index contributed by atoms with van der Waals surface area (Å²) in [6.45, 7) is 0.369. The van der Waals surface area contributed by atoms with Gasteiger partial charge in [0.1, 0.15) is 5.69 Å². The molecule has 28 heavy (non-hydrogen) atoms. The summed E-state index contributed by atoms with van der Waals surface area (Å²) < 4.78 is 3.70. The van der Waals surface area contributed by atoms with Crippen molar-refractivity contribution in [3.05, 3.63) is 83.1 Å². The van der Waals surface area contributed by atoms with Gasteiger partial charge in [0, 0.05) is 24.0 Å². The largest absolute Gasteiger partial charge is 0.346 e. The lowest BCUT2D eigenvalue weighted by Gasteiger charge is -2.02. The monoisotopic (exact) mass is 405 g/mol. The number of carbonyl (C=O) groups is 1. The summed E-state index contributed by atoms with van der Waals surface area (Å²) in [4.78, 5) is 19.3. The first-order valence-corrected chi connectivity index (χ1v) is 10.4. The predicted octanol–water partition coefficient (Wildman–Crippen LogP) is 4.24. The second-order valence-corrected chi connectivity index (χ2v) is 7.98. The SMILES string of the molecule is O=C(NCc1cn2ccsc2n1)c1cn(-c2ccccc2)nc1-c1cccs1. The molecule has 0 bridgehead atoms. The topological polar surface area (TPSA) is 64.2 Å². The summed E-state index contributed by atoms with van der Waals surface area (Å²) in [6, 6.07) is 13.7. The Morgan fingerprint density at radius 3 is 2.71 bits per heavy atom. The molecule has 0 unspecified atom stereocenters. The third-order valence-electron chi connectivity index (χ3n) is 4.31. The molecular weight excluding hydrogens is 390 g/mol. The molecule has 0 aliphatic carbocycles. The van der Waals surface area contributed by atoms with Gasteiger partial charge >= 0.3 is 0 Å². The van der Waals surface area contributed by atoms with Gasteiger partial charge in [-0.15, -0.1) is 22.7 Å². The molecule has 4 heterocycles. The molecule has 5 aromatic rings. The van der Waals surface area contributed by atoms with Crippen molar-refractivity contribution in [3.8, 4) is 16.3 Å². The summed E-state index contributed by atoms with van der Waals surface area (Å²) in [5.41, 5.74) is 2.97. The Morgan fingerprint density at radius 2 is 1.93 bits per heavy atom. The number of thiazole rings is 1. The predicted molar refractivity (Wildman–Crippen MR) is 111 cm³/mol. The van der Waals surface area contributed by atoms with Gasteiger partial charge in [-0.05, 0) is 23.6 Å². The van der Waals surface area contributed by atoms with Crippen LogP contribution in [0.4, 0.5) is 0 Å². The van der Waals surface area contributed by atoms with E-state index in [4.69, 9.17) is 0 Å². The van der Waals surface area contributed by atoms with Crippen LogP contribution in [-0.4, -0.2) is 25.1 Å². The second kappa shape index (κ2) is 7.06. The van der Waals surface area contributed by atoms with Gasteiger partial charge in [-0.3, -0.25) is 9.20 Å². The zero-order chi connectivity index (χ0) is 18.9. The van der Waals surface area contributed by atoms with E-state index >= 15 is 0 Å². The number of fused-ring (bicyclic) bond motifs is 1. The van der Waals surface area contributed by atoms with Crippen molar-refractivity contribution < 1.29 is 4.79 Å². The molecule has 0 aliphatic heterocycles. The van der Waals surface area contributed by atoms with Crippen molar-refractivity contribution >= 4 is 33.5 Å². The first-order chi connectivity index (χ1) is 13.8. The molecule has 1 amide bonds. The van der Waals surface area contributed by atoms with Crippen LogP contribution >= 0.6 is 22.7 Å². The minimum absolute atomic E-state index is 0.165. The van der Waals surface area contributed by atoms with E-state index in [1.165, 1.54) is 0 Å². The van der Waals surface area contributed by atoms with Crippen molar-refractivity contribution in [2.75, 3.05) is 0 Å². The first-order valence-electron chi connectivity index (χ1n) is 8.66. The average molecular weight is 406 g/mol. The lowest BCUT2D eigenvalue weighted by Crippen LogP contribution is -2.23. The lowest BCUT2D eigenvalue weighted by atomic mass is 10.2. The second-order valence-electron chi connectivity index (χ2n) is 6.16. The van der Waals surface area contributed by atoms with E-state index in [0.717, 1.165) is 21.2 Å². The van der Waals surface area contributed by atoms with Gasteiger partial charge in [0.25, 0.3) is 5.91 Å². The molecule has 0 spiro atoms. The van der Waals surface area contributed by atoms with E-state index in [1.54, 1.807) is 33.6 Å². The maximum atomic E-state index is 12.9. The van der Waals surface area contributed by atoms with E-state index in [9.17, 15) is 4.79 Å². The Balaban J connectivity index is 1.44. The fourth-order valence-electron chi connectivity index (χ4n) is 2.98. The van der Waals surface area contributed by atoms with Crippen molar-refractivity contribution in [2.24, 2.45) is 0 Å². The number of aromatic nitrogens is 4. The van der Waals surface area contributed by atoms with Crippen molar-refractivity contribution in [3.63, 3.8) is 0 Å². The molecule has 0 aliphatic rings. The fourth-order valence-corrected chi connectivity index (χ4v) is 4.42. The van der Waals surface area contributed by atoms with Gasteiger partial charge in [-0.1, -0.05) is 24.3 Å². The Morgan fingerprint density at radius 1 is 1.04 bits per heavy atom. The summed E-state index contributed by atoms with van der Waals surface area (Å²) >= 11 is 3.13. The standard InChI is InChI=1S/C20H15N5OS2/c26-19(21-11-14-12-24-8-10-28-20(24)22-14)16-13-25(15-5-2-1-3-6-15)23-18(16)17-7-4-9-27-17/h1-10,12-13H,11H2,(H,21,26). The molecule has 1 aromatic carbocycles. The van der Waals surface area contributed by atoms with Crippen LogP contribution in [0, 0.1) is 0 Å². The molecule has 8 heteroatoms. The first kappa shape index (κ1) is 16.9. The van der Waals surface area contributed by atoms with Crippen LogP contribution in [0.25, 0.3) is 21.2 Å². The Hall–Kier alpha value is -3.23. The molecular formula is C20H15N5OS2. The van der Waals surface area contributed by atoms with E-state index in [-0.39, 0.29) is 5.91 Å². The van der Waals surface area contributed by atoms with Crippen molar-refractivity contribution in [2.45, 2.75) is 6.54 Å². The van der Waals surface area contributed by atoms with Gasteiger partial charge in [-0.2, -0.15) is 5.10 Å². The van der Waals surface area contributed by atoms with Gasteiger partial charge in [0.2, 0.25) is 0 Å². The molecule has 1 N–H and O–H groups in total. The summed E-state index contributed by atoms with van der Waals surface area (Å²) in [5.74, 6) is -0.165. The molecule has 0 radical (unpaired) electrons. The number of rotatable bonds is 5. The normalized spacial score (nSPS) is 11.1. The molecule has 138 valence electrons. The molecule has 6 nitrogen and oxygen atoms in total. The minimum Gasteiger partial charge on any atom is -0.346 e. The van der Waals surface area contributed by atoms with Crippen molar-refractivity contribution in [1.82, 2.24) is 24.5 Å². The number of carbonyl (C=O) groups excluding carboxylic acids is 1. The quantitative estimate of drug-likeness (QED) is 0.476. The third-order valence-corrected chi connectivity index (χ3v) is 5.95. The maximum absolute atomic E-state index is 12.9. The minimum atomic E-state index is -0.165. The third kappa shape index (κ3) is 3.12. The zero-order valence-corrected chi connectivity index (χ0v) is 16.3. The number of imidazole rings is 1. The highest BCUT2D eigenvalue weighted by atomic mass is 32.1. The lowest BCUT2D eigenvalue weighted by molar-refractivity contribution is 0.0951. The zero-order valence-electron chi connectivity index (χ0n) is 14.6. The van der Waals surface area contributed by atoms with Gasteiger partial charge in [0.15, 0.2) is 4.96 Å². The number of hydrogen-bond acceptors (Lipinski definition) is 5.